The molecule has 0 N–H and O–H groups in total. The molecule has 0 aromatic carbocycles. The van der Waals surface area contributed by atoms with Gasteiger partial charge in [-0.05, 0) is 24.3 Å². The first kappa shape index (κ1) is 24.6. The molecule has 2 aromatic rings. The Hall–Kier alpha value is -3.00. The van der Waals surface area contributed by atoms with E-state index in [1.54, 1.807) is 12.1 Å². The Morgan fingerprint density at radius 2 is 1.52 bits per heavy atom. The second-order valence-corrected chi connectivity index (χ2v) is 8.26. The lowest BCUT2D eigenvalue weighted by Gasteiger charge is -2.41. The van der Waals surface area contributed by atoms with Crippen molar-refractivity contribution in [2.24, 2.45) is 0 Å². The van der Waals surface area contributed by atoms with Crippen molar-refractivity contribution in [3.8, 4) is 0 Å². The van der Waals surface area contributed by atoms with Gasteiger partial charge in [-0.25, -0.2) is 4.79 Å². The van der Waals surface area contributed by atoms with Crippen LogP contribution in [0.1, 0.15) is 24.9 Å². The van der Waals surface area contributed by atoms with Gasteiger partial charge in [0.05, 0.1) is 22.8 Å². The third-order valence-electron chi connectivity index (χ3n) is 4.87. The maximum absolute atomic E-state index is 12.8. The number of Topliss-reactive ketones (excluding diaryl/α,β-unsaturated/α-hetero) is 1. The topological polar surface area (TPSA) is 76.6 Å². The molecule has 0 saturated carbocycles. The number of quaternary nitrogens is 1. The Bertz CT molecular complexity index is 1030. The highest BCUT2D eigenvalue weighted by atomic mass is 32.1. The first-order valence-corrected chi connectivity index (χ1v) is 10.2. The summed E-state index contributed by atoms with van der Waals surface area (Å²) in [5.74, 6) is -5.12. The fourth-order valence-corrected chi connectivity index (χ4v) is 4.17. The lowest BCUT2D eigenvalue weighted by Crippen LogP contribution is -2.61. The molecule has 1 amide bonds. The molecular formula is C19H16F6N3O4S+. The standard InChI is InChI=1S/C19H16F6N3O4S/c20-18(21,22)15(29)13-1-2-14(33-13)16(30)27-7-9-28(10-8-27,32-17(31)19(23,24)25)11-12-3-5-26-6-4-12/h1-6H,7-11H2/q+1. The normalized spacial score (nSPS) is 16.4. The van der Waals surface area contributed by atoms with Crippen LogP contribution in [0.15, 0.2) is 36.7 Å². The number of piperazine rings is 1. The van der Waals surface area contributed by atoms with Gasteiger partial charge in [-0.1, -0.05) is 0 Å². The van der Waals surface area contributed by atoms with E-state index in [-0.39, 0.29) is 37.6 Å². The van der Waals surface area contributed by atoms with Crippen LogP contribution in [0, 0.1) is 0 Å². The van der Waals surface area contributed by atoms with E-state index in [2.05, 4.69) is 4.98 Å². The quantitative estimate of drug-likeness (QED) is 0.361. The highest BCUT2D eigenvalue weighted by molar-refractivity contribution is 7.16. The number of thiophene rings is 1. The summed E-state index contributed by atoms with van der Waals surface area (Å²) in [5, 5.41) is 0. The van der Waals surface area contributed by atoms with E-state index in [4.69, 9.17) is 4.84 Å². The van der Waals surface area contributed by atoms with E-state index in [0.29, 0.717) is 16.9 Å². The summed E-state index contributed by atoms with van der Waals surface area (Å²) in [5.41, 5.74) is 0.549. The Balaban J connectivity index is 1.74. The van der Waals surface area contributed by atoms with Crippen LogP contribution in [0.5, 0.6) is 0 Å². The lowest BCUT2D eigenvalue weighted by atomic mass is 10.2. The smallest absolute Gasteiger partial charge is 0.326 e. The van der Waals surface area contributed by atoms with E-state index in [1.807, 2.05) is 0 Å². The van der Waals surface area contributed by atoms with Crippen molar-refractivity contribution in [2.75, 3.05) is 26.2 Å². The van der Waals surface area contributed by atoms with E-state index in [1.165, 1.54) is 17.3 Å². The highest BCUT2D eigenvalue weighted by Crippen LogP contribution is 2.29. The van der Waals surface area contributed by atoms with Gasteiger partial charge >= 0.3 is 18.3 Å². The lowest BCUT2D eigenvalue weighted by molar-refractivity contribution is -1.10. The zero-order chi connectivity index (χ0) is 24.4. The molecule has 178 valence electrons. The number of aromatic nitrogens is 1. The van der Waals surface area contributed by atoms with Gasteiger partial charge in [0.1, 0.15) is 19.6 Å². The summed E-state index contributed by atoms with van der Waals surface area (Å²) >= 11 is 0.379. The first-order chi connectivity index (χ1) is 15.3. The molecule has 0 aliphatic carbocycles. The van der Waals surface area contributed by atoms with Crippen molar-refractivity contribution >= 4 is 29.0 Å². The summed E-state index contributed by atoms with van der Waals surface area (Å²) in [6.07, 6.45) is -7.45. The summed E-state index contributed by atoms with van der Waals surface area (Å²) in [6, 6.07) is 5.07. The molecule has 33 heavy (non-hydrogen) atoms. The Labute approximate surface area is 186 Å². The second kappa shape index (κ2) is 9.09. The van der Waals surface area contributed by atoms with Gasteiger partial charge in [0.25, 0.3) is 11.7 Å². The number of nitrogens with zero attached hydrogens (tertiary/aromatic N) is 3. The molecule has 0 spiro atoms. The minimum Gasteiger partial charge on any atom is -0.326 e. The fraction of sp³-hybridized carbons (Fsp3) is 0.368. The number of carbonyl (C=O) groups is 3. The summed E-state index contributed by atoms with van der Waals surface area (Å²) in [4.78, 5) is 44.6. The molecule has 0 radical (unpaired) electrons. The van der Waals surface area contributed by atoms with Crippen molar-refractivity contribution in [1.29, 1.82) is 0 Å². The van der Waals surface area contributed by atoms with Crippen LogP contribution in [-0.4, -0.2) is 70.7 Å². The number of rotatable bonds is 5. The number of hydroxylamine groups is 3. The zero-order valence-electron chi connectivity index (χ0n) is 16.7. The molecule has 14 heteroatoms. The number of carbonyl (C=O) groups excluding carboxylic acids is 3. The molecule has 1 aliphatic rings. The van der Waals surface area contributed by atoms with Gasteiger partial charge in [-0.2, -0.15) is 26.3 Å². The number of hydrogen-bond acceptors (Lipinski definition) is 6. The van der Waals surface area contributed by atoms with E-state index >= 15 is 0 Å². The maximum atomic E-state index is 12.8. The number of amides is 1. The predicted molar refractivity (Wildman–Crippen MR) is 101 cm³/mol. The molecule has 7 nitrogen and oxygen atoms in total. The first-order valence-electron chi connectivity index (χ1n) is 9.37. The van der Waals surface area contributed by atoms with Crippen LogP contribution in [0.2, 0.25) is 0 Å². The molecule has 0 bridgehead atoms. The predicted octanol–water partition coefficient (Wildman–Crippen LogP) is 3.38. The van der Waals surface area contributed by atoms with E-state index in [9.17, 15) is 40.7 Å². The minimum atomic E-state index is -5.21. The van der Waals surface area contributed by atoms with Gasteiger partial charge in [-0.3, -0.25) is 19.4 Å². The number of alkyl halides is 6. The molecule has 3 rings (SSSR count). The largest absolute Gasteiger partial charge is 0.497 e. The number of ketones is 1. The average molecular weight is 496 g/mol. The molecule has 1 fully saturated rings. The summed E-state index contributed by atoms with van der Waals surface area (Å²) in [7, 11) is 0. The van der Waals surface area contributed by atoms with Crippen LogP contribution in [0.25, 0.3) is 0 Å². The molecule has 0 atom stereocenters. The number of hydrogen-bond donors (Lipinski definition) is 0. The van der Waals surface area contributed by atoms with Crippen molar-refractivity contribution in [1.82, 2.24) is 9.88 Å². The Morgan fingerprint density at radius 3 is 2.06 bits per heavy atom. The number of halogens is 6. The third kappa shape index (κ3) is 5.87. The minimum absolute atomic E-state index is 0.102. The van der Waals surface area contributed by atoms with Gasteiger partial charge in [-0.15, -0.1) is 16.0 Å². The van der Waals surface area contributed by atoms with Gasteiger partial charge < -0.3 is 4.90 Å². The van der Waals surface area contributed by atoms with Crippen LogP contribution >= 0.6 is 11.3 Å². The molecule has 1 saturated heterocycles. The molecular weight excluding hydrogens is 480 g/mol. The van der Waals surface area contributed by atoms with Crippen molar-refractivity contribution in [3.05, 3.63) is 52.0 Å². The molecule has 1 aliphatic heterocycles. The van der Waals surface area contributed by atoms with Crippen molar-refractivity contribution in [3.63, 3.8) is 0 Å². The molecule has 3 heterocycles. The van der Waals surface area contributed by atoms with Crippen molar-refractivity contribution in [2.45, 2.75) is 18.9 Å². The second-order valence-electron chi connectivity index (χ2n) is 7.18. The summed E-state index contributed by atoms with van der Waals surface area (Å²) in [6.45, 7) is -0.730. The Kier molecular flexibility index (Phi) is 6.79. The molecule has 0 unspecified atom stereocenters. The van der Waals surface area contributed by atoms with Gasteiger partial charge in [0, 0.05) is 18.0 Å². The zero-order valence-corrected chi connectivity index (χ0v) is 17.5. The van der Waals surface area contributed by atoms with Crippen LogP contribution in [0.3, 0.4) is 0 Å². The SMILES string of the molecule is O=C(c1ccc(C(=O)C(F)(F)F)s1)N1CC[N+](Cc2ccncc2)(OC(=O)C(F)(F)F)CC1. The van der Waals surface area contributed by atoms with E-state index in [0.717, 1.165) is 12.1 Å². The van der Waals surface area contributed by atoms with Crippen molar-refractivity contribution < 1.29 is 50.2 Å². The average Bonchev–Trinajstić information content (AvgIpc) is 3.22. The summed E-state index contributed by atoms with van der Waals surface area (Å²) < 4.78 is 75.5. The van der Waals surface area contributed by atoms with Crippen LogP contribution in [0.4, 0.5) is 26.3 Å². The highest BCUT2D eigenvalue weighted by Gasteiger charge is 2.49. The molecule has 2 aromatic heterocycles. The Morgan fingerprint density at radius 1 is 0.939 bits per heavy atom. The van der Waals surface area contributed by atoms with Gasteiger partial charge in [0.15, 0.2) is 0 Å². The number of pyridine rings is 1. The van der Waals surface area contributed by atoms with E-state index < -0.39 is 39.5 Å². The van der Waals surface area contributed by atoms with Crippen LogP contribution in [-0.2, 0) is 16.2 Å². The monoisotopic (exact) mass is 496 g/mol. The third-order valence-corrected chi connectivity index (χ3v) is 5.94. The maximum Gasteiger partial charge on any atom is 0.497 e. The fourth-order valence-electron chi connectivity index (χ4n) is 3.23. The van der Waals surface area contributed by atoms with Crippen LogP contribution < -0.4 is 0 Å². The van der Waals surface area contributed by atoms with Gasteiger partial charge in [0.2, 0.25) is 0 Å².